The van der Waals surface area contributed by atoms with E-state index in [1.807, 2.05) is 31.2 Å². The third-order valence-electron chi connectivity index (χ3n) is 3.20. The number of nitro benzene ring substituents is 1. The average Bonchev–Trinajstić information content (AvgIpc) is 2.57. The number of amides is 1. The lowest BCUT2D eigenvalue weighted by atomic mass is 10.2. The minimum absolute atomic E-state index is 0.0834. The topological polar surface area (TPSA) is 108 Å². The molecule has 0 aliphatic heterocycles. The summed E-state index contributed by atoms with van der Waals surface area (Å²) in [7, 11) is 0. The smallest absolute Gasteiger partial charge is 0.269 e. The number of non-ortho nitro benzene ring substituents is 1. The molecule has 0 aromatic heterocycles. The molecule has 7 nitrogen and oxygen atoms in total. The first-order valence-corrected chi connectivity index (χ1v) is 7.89. The van der Waals surface area contributed by atoms with Gasteiger partial charge in [-0.1, -0.05) is 6.07 Å². The number of nitro groups is 1. The molecule has 0 saturated carbocycles. The molecule has 0 unspecified atom stereocenters. The van der Waals surface area contributed by atoms with Gasteiger partial charge in [0.15, 0.2) is 0 Å². The van der Waals surface area contributed by atoms with Crippen molar-refractivity contribution < 1.29 is 9.72 Å². The van der Waals surface area contributed by atoms with Crippen LogP contribution in [-0.2, 0) is 4.79 Å². The average molecular weight is 401 g/mol. The maximum absolute atomic E-state index is 12.1. The standard InChI is InChI=1S/C17H13BrN4O3/c1-11-2-7-16(15(18)8-11)20-10-12(9-19)17(23)21-13-3-5-14(6-4-13)22(24)25/h2-8,10,20H,1H3,(H,21,23)/b12-10-. The van der Waals surface area contributed by atoms with E-state index in [2.05, 4.69) is 26.6 Å². The molecule has 0 heterocycles. The number of aryl methyl sites for hydroxylation is 1. The van der Waals surface area contributed by atoms with Crippen molar-refractivity contribution in [3.63, 3.8) is 0 Å². The number of benzene rings is 2. The number of carbonyl (C=O) groups excluding carboxylic acids is 1. The van der Waals surface area contributed by atoms with Gasteiger partial charge in [-0.25, -0.2) is 0 Å². The minimum atomic E-state index is -0.618. The molecule has 0 radical (unpaired) electrons. The molecule has 2 aromatic rings. The number of nitrogens with zero attached hydrogens (tertiary/aromatic N) is 2. The molecule has 0 atom stereocenters. The van der Waals surface area contributed by atoms with Crippen molar-refractivity contribution in [3.05, 3.63) is 74.4 Å². The van der Waals surface area contributed by atoms with Gasteiger partial charge in [0, 0.05) is 28.5 Å². The normalized spacial score (nSPS) is 10.7. The van der Waals surface area contributed by atoms with E-state index in [4.69, 9.17) is 5.26 Å². The number of anilines is 2. The Bertz CT molecular complexity index is 886. The fourth-order valence-electron chi connectivity index (χ4n) is 1.90. The fourth-order valence-corrected chi connectivity index (χ4v) is 2.51. The van der Waals surface area contributed by atoms with E-state index < -0.39 is 10.8 Å². The van der Waals surface area contributed by atoms with Crippen molar-refractivity contribution in [2.45, 2.75) is 6.92 Å². The van der Waals surface area contributed by atoms with Gasteiger partial charge in [-0.3, -0.25) is 14.9 Å². The highest BCUT2D eigenvalue weighted by atomic mass is 79.9. The van der Waals surface area contributed by atoms with Gasteiger partial charge in [0.25, 0.3) is 11.6 Å². The van der Waals surface area contributed by atoms with Gasteiger partial charge >= 0.3 is 0 Å². The van der Waals surface area contributed by atoms with Crippen LogP contribution < -0.4 is 10.6 Å². The van der Waals surface area contributed by atoms with Gasteiger partial charge < -0.3 is 10.6 Å². The number of hydrogen-bond acceptors (Lipinski definition) is 5. The van der Waals surface area contributed by atoms with Crippen molar-refractivity contribution in [3.8, 4) is 6.07 Å². The molecular weight excluding hydrogens is 388 g/mol. The van der Waals surface area contributed by atoms with Crippen LogP contribution in [0.25, 0.3) is 0 Å². The second-order valence-corrected chi connectivity index (χ2v) is 5.91. The molecule has 126 valence electrons. The second kappa shape index (κ2) is 8.08. The summed E-state index contributed by atoms with van der Waals surface area (Å²) in [5.41, 5.74) is 1.92. The fraction of sp³-hybridized carbons (Fsp3) is 0.0588. The van der Waals surface area contributed by atoms with Crippen LogP contribution >= 0.6 is 15.9 Å². The largest absolute Gasteiger partial charge is 0.359 e. The zero-order valence-electron chi connectivity index (χ0n) is 13.1. The summed E-state index contributed by atoms with van der Waals surface area (Å²) in [6.07, 6.45) is 1.30. The molecule has 0 aliphatic carbocycles. The van der Waals surface area contributed by atoms with E-state index in [0.29, 0.717) is 11.4 Å². The first-order chi connectivity index (χ1) is 11.9. The Morgan fingerprint density at radius 2 is 1.96 bits per heavy atom. The van der Waals surface area contributed by atoms with Crippen LogP contribution in [0.5, 0.6) is 0 Å². The molecule has 25 heavy (non-hydrogen) atoms. The Morgan fingerprint density at radius 1 is 1.28 bits per heavy atom. The Hall–Kier alpha value is -3.18. The summed E-state index contributed by atoms with van der Waals surface area (Å²) in [6, 6.07) is 12.8. The predicted octanol–water partition coefficient (Wildman–Crippen LogP) is 4.12. The third kappa shape index (κ3) is 4.89. The number of nitriles is 1. The van der Waals surface area contributed by atoms with E-state index in [0.717, 1.165) is 10.0 Å². The molecule has 8 heteroatoms. The zero-order chi connectivity index (χ0) is 18.4. The summed E-state index contributed by atoms with van der Waals surface area (Å²) >= 11 is 3.40. The summed E-state index contributed by atoms with van der Waals surface area (Å²) < 4.78 is 0.803. The highest BCUT2D eigenvalue weighted by Gasteiger charge is 2.11. The summed E-state index contributed by atoms with van der Waals surface area (Å²) in [5.74, 6) is -0.618. The van der Waals surface area contributed by atoms with Gasteiger partial charge in [-0.2, -0.15) is 5.26 Å². The third-order valence-corrected chi connectivity index (χ3v) is 3.85. The van der Waals surface area contributed by atoms with Gasteiger partial charge in [-0.15, -0.1) is 0 Å². The van der Waals surface area contributed by atoms with Crippen LogP contribution in [0, 0.1) is 28.4 Å². The van der Waals surface area contributed by atoms with Crippen molar-refractivity contribution in [2.75, 3.05) is 10.6 Å². The molecule has 2 aromatic carbocycles. The second-order valence-electron chi connectivity index (χ2n) is 5.06. The summed E-state index contributed by atoms with van der Waals surface area (Å²) in [5, 5.41) is 25.2. The van der Waals surface area contributed by atoms with E-state index in [1.165, 1.54) is 30.5 Å². The molecule has 0 bridgehead atoms. The molecular formula is C17H13BrN4O3. The lowest BCUT2D eigenvalue weighted by Gasteiger charge is -2.07. The molecule has 2 N–H and O–H groups in total. The minimum Gasteiger partial charge on any atom is -0.359 e. The monoisotopic (exact) mass is 400 g/mol. The van der Waals surface area contributed by atoms with Crippen LogP contribution in [0.2, 0.25) is 0 Å². The van der Waals surface area contributed by atoms with E-state index >= 15 is 0 Å². The maximum atomic E-state index is 12.1. The van der Waals surface area contributed by atoms with E-state index in [9.17, 15) is 14.9 Å². The van der Waals surface area contributed by atoms with Crippen molar-refractivity contribution >= 4 is 38.9 Å². The van der Waals surface area contributed by atoms with Crippen LogP contribution in [0.3, 0.4) is 0 Å². The maximum Gasteiger partial charge on any atom is 0.269 e. The predicted molar refractivity (Wildman–Crippen MR) is 97.9 cm³/mol. The van der Waals surface area contributed by atoms with Crippen molar-refractivity contribution in [2.24, 2.45) is 0 Å². The van der Waals surface area contributed by atoms with Crippen LogP contribution in [-0.4, -0.2) is 10.8 Å². The van der Waals surface area contributed by atoms with Crippen LogP contribution in [0.1, 0.15) is 5.56 Å². The zero-order valence-corrected chi connectivity index (χ0v) is 14.7. The highest BCUT2D eigenvalue weighted by molar-refractivity contribution is 9.10. The first kappa shape index (κ1) is 18.2. The number of hydrogen-bond donors (Lipinski definition) is 2. The van der Waals surface area contributed by atoms with E-state index in [1.54, 1.807) is 0 Å². The number of halogens is 1. The molecule has 1 amide bonds. The van der Waals surface area contributed by atoms with Crippen molar-refractivity contribution in [1.82, 2.24) is 0 Å². The molecule has 0 saturated heterocycles. The Kier molecular flexibility index (Phi) is 5.87. The van der Waals surface area contributed by atoms with Gasteiger partial charge in [0.2, 0.25) is 0 Å². The van der Waals surface area contributed by atoms with Crippen molar-refractivity contribution in [1.29, 1.82) is 5.26 Å². The van der Waals surface area contributed by atoms with Crippen LogP contribution in [0.4, 0.5) is 17.1 Å². The molecule has 0 fully saturated rings. The molecule has 0 spiro atoms. The Balaban J connectivity index is 2.09. The lowest BCUT2D eigenvalue weighted by Crippen LogP contribution is -2.14. The highest BCUT2D eigenvalue weighted by Crippen LogP contribution is 2.23. The molecule has 2 rings (SSSR count). The number of nitrogens with one attached hydrogen (secondary N) is 2. The molecule has 0 aliphatic rings. The van der Waals surface area contributed by atoms with Gasteiger partial charge in [0.05, 0.1) is 10.6 Å². The Morgan fingerprint density at radius 3 is 2.52 bits per heavy atom. The van der Waals surface area contributed by atoms with E-state index in [-0.39, 0.29) is 11.3 Å². The van der Waals surface area contributed by atoms with Gasteiger partial charge in [0.1, 0.15) is 11.6 Å². The Labute approximate surface area is 152 Å². The quantitative estimate of drug-likeness (QED) is 0.339. The van der Waals surface area contributed by atoms with Crippen LogP contribution in [0.15, 0.2) is 58.7 Å². The lowest BCUT2D eigenvalue weighted by molar-refractivity contribution is -0.384. The SMILES string of the molecule is Cc1ccc(N/C=C(/C#N)C(=O)Nc2ccc([N+](=O)[O-])cc2)c(Br)c1. The number of rotatable bonds is 5. The number of carbonyl (C=O) groups is 1. The summed E-state index contributed by atoms with van der Waals surface area (Å²) in [6.45, 7) is 1.95. The van der Waals surface area contributed by atoms with Gasteiger partial charge in [-0.05, 0) is 52.7 Å². The summed E-state index contributed by atoms with van der Waals surface area (Å²) in [4.78, 5) is 22.2. The first-order valence-electron chi connectivity index (χ1n) is 7.09.